The molecule has 0 spiro atoms. The second-order valence-corrected chi connectivity index (χ2v) is 6.33. The molecule has 0 aliphatic heterocycles. The van der Waals surface area contributed by atoms with Gasteiger partial charge in [0.25, 0.3) is 0 Å². The van der Waals surface area contributed by atoms with Crippen LogP contribution < -0.4 is 5.32 Å². The lowest BCUT2D eigenvalue weighted by atomic mass is 10.3. The number of benzene rings is 1. The molecule has 96 valence electrons. The highest BCUT2D eigenvalue weighted by atomic mass is 32.2. The molecule has 0 fully saturated rings. The molecule has 0 bridgehead atoms. The summed E-state index contributed by atoms with van der Waals surface area (Å²) in [4.78, 5) is 4.45. The topological polar surface area (TPSA) is 82.3 Å². The third-order valence-corrected chi connectivity index (χ3v) is 4.49. The largest absolute Gasteiger partial charge is 0.271 e. The van der Waals surface area contributed by atoms with Crippen molar-refractivity contribution in [3.8, 4) is 6.19 Å². The first kappa shape index (κ1) is 14.5. The molecule has 0 unspecified atom stereocenters. The molecule has 18 heavy (non-hydrogen) atoms. The highest BCUT2D eigenvalue weighted by Crippen LogP contribution is 2.18. The monoisotopic (exact) mass is 283 g/mol. The van der Waals surface area contributed by atoms with E-state index in [2.05, 4.69) is 10.3 Å². The van der Waals surface area contributed by atoms with E-state index < -0.39 is 9.84 Å². The lowest BCUT2D eigenvalue weighted by Gasteiger charge is -2.02. The Balaban J connectivity index is 3.01. The van der Waals surface area contributed by atoms with Crippen LogP contribution in [0.1, 0.15) is 6.92 Å². The van der Waals surface area contributed by atoms with Crippen molar-refractivity contribution in [1.29, 1.82) is 5.26 Å². The van der Waals surface area contributed by atoms with Crippen LogP contribution in [0.4, 0.5) is 5.69 Å². The standard InChI is InChI=1S/C11H13N3O2S2/c1-3-18(15,16)10-6-4-9(5-7-10)14-11(17-2)13-8-12/h4-7H,3H2,1-2H3,(H,13,14). The second-order valence-electron chi connectivity index (χ2n) is 3.26. The van der Waals surface area contributed by atoms with Gasteiger partial charge >= 0.3 is 0 Å². The lowest BCUT2D eigenvalue weighted by molar-refractivity contribution is 0.597. The van der Waals surface area contributed by atoms with Crippen molar-refractivity contribution in [3.63, 3.8) is 0 Å². The number of hydrogen-bond acceptors (Lipinski definition) is 5. The Kier molecular flexibility index (Phi) is 5.19. The molecule has 1 N–H and O–H groups in total. The number of aliphatic imine (C=N–C) groups is 1. The van der Waals surface area contributed by atoms with E-state index in [0.29, 0.717) is 10.9 Å². The van der Waals surface area contributed by atoms with Crippen molar-refractivity contribution in [3.05, 3.63) is 24.3 Å². The van der Waals surface area contributed by atoms with E-state index in [1.54, 1.807) is 31.5 Å². The molecule has 5 nitrogen and oxygen atoms in total. The molecule has 1 rings (SSSR count). The summed E-state index contributed by atoms with van der Waals surface area (Å²) in [5, 5.41) is 11.4. The van der Waals surface area contributed by atoms with Gasteiger partial charge in [0.1, 0.15) is 0 Å². The number of nitriles is 1. The molecule has 0 aromatic heterocycles. The van der Waals surface area contributed by atoms with Gasteiger partial charge in [0.2, 0.25) is 0 Å². The van der Waals surface area contributed by atoms with Crippen LogP contribution >= 0.6 is 11.8 Å². The van der Waals surface area contributed by atoms with Crippen LogP contribution in [0, 0.1) is 11.5 Å². The SMILES string of the molecule is CCS(=O)(=O)c1ccc(N=C(NC#N)SC)cc1. The second kappa shape index (κ2) is 6.42. The van der Waals surface area contributed by atoms with Crippen LogP contribution in [0.3, 0.4) is 0 Å². The molecule has 1 aromatic carbocycles. The number of amidine groups is 1. The Morgan fingerprint density at radius 2 is 2.06 bits per heavy atom. The predicted molar refractivity (Wildman–Crippen MR) is 73.5 cm³/mol. The molecule has 0 radical (unpaired) electrons. The average Bonchev–Trinajstić information content (AvgIpc) is 2.39. The maximum absolute atomic E-state index is 11.6. The van der Waals surface area contributed by atoms with Crippen molar-refractivity contribution in [2.24, 2.45) is 4.99 Å². The molecule has 0 aliphatic carbocycles. The van der Waals surface area contributed by atoms with Gasteiger partial charge in [-0.2, -0.15) is 5.26 Å². The van der Waals surface area contributed by atoms with Crippen LogP contribution in [0.5, 0.6) is 0 Å². The molecule has 0 aliphatic rings. The minimum Gasteiger partial charge on any atom is -0.271 e. The first-order valence-corrected chi connectivity index (χ1v) is 8.01. The van der Waals surface area contributed by atoms with Gasteiger partial charge in [-0.05, 0) is 30.5 Å². The van der Waals surface area contributed by atoms with Gasteiger partial charge in [-0.3, -0.25) is 5.32 Å². The highest BCUT2D eigenvalue weighted by Gasteiger charge is 2.10. The highest BCUT2D eigenvalue weighted by molar-refractivity contribution is 8.13. The van der Waals surface area contributed by atoms with Crippen LogP contribution in [0.15, 0.2) is 34.2 Å². The number of nitrogens with one attached hydrogen (secondary N) is 1. The summed E-state index contributed by atoms with van der Waals surface area (Å²) in [6, 6.07) is 6.25. The smallest absolute Gasteiger partial charge is 0.183 e. The van der Waals surface area contributed by atoms with Gasteiger partial charge in [0.15, 0.2) is 21.2 Å². The van der Waals surface area contributed by atoms with Crippen molar-refractivity contribution >= 4 is 32.5 Å². The maximum atomic E-state index is 11.6. The Bertz CT molecular complexity index is 571. The zero-order valence-electron chi connectivity index (χ0n) is 10.0. The van der Waals surface area contributed by atoms with Crippen LogP contribution in [0.25, 0.3) is 0 Å². The van der Waals surface area contributed by atoms with E-state index >= 15 is 0 Å². The first-order chi connectivity index (χ1) is 8.53. The molecule has 0 heterocycles. The fourth-order valence-corrected chi connectivity index (χ4v) is 2.41. The Labute approximate surface area is 111 Å². The van der Waals surface area contributed by atoms with Crippen LogP contribution in [-0.4, -0.2) is 25.6 Å². The normalized spacial score (nSPS) is 11.9. The maximum Gasteiger partial charge on any atom is 0.183 e. The van der Waals surface area contributed by atoms with Gasteiger partial charge in [0.05, 0.1) is 16.3 Å². The van der Waals surface area contributed by atoms with Gasteiger partial charge in [-0.15, -0.1) is 0 Å². The van der Waals surface area contributed by atoms with E-state index in [9.17, 15) is 8.42 Å². The fraction of sp³-hybridized carbons (Fsp3) is 0.273. The molecule has 0 saturated carbocycles. The molecule has 0 atom stereocenters. The Morgan fingerprint density at radius 3 is 2.50 bits per heavy atom. The minimum absolute atomic E-state index is 0.0711. The van der Waals surface area contributed by atoms with Gasteiger partial charge in [0, 0.05) is 0 Å². The average molecular weight is 283 g/mol. The van der Waals surface area contributed by atoms with Gasteiger partial charge in [-0.1, -0.05) is 18.7 Å². The molecule has 7 heteroatoms. The first-order valence-electron chi connectivity index (χ1n) is 5.14. The molecule has 1 aromatic rings. The zero-order valence-corrected chi connectivity index (χ0v) is 11.7. The fourth-order valence-electron chi connectivity index (χ4n) is 1.18. The number of thioether (sulfide) groups is 1. The van der Waals surface area contributed by atoms with E-state index in [1.165, 1.54) is 23.9 Å². The Morgan fingerprint density at radius 1 is 1.44 bits per heavy atom. The van der Waals surface area contributed by atoms with Crippen molar-refractivity contribution in [1.82, 2.24) is 5.32 Å². The summed E-state index contributed by atoms with van der Waals surface area (Å²) in [5.41, 5.74) is 0.595. The summed E-state index contributed by atoms with van der Waals surface area (Å²) in [6.45, 7) is 1.60. The zero-order chi connectivity index (χ0) is 13.6. The van der Waals surface area contributed by atoms with E-state index in [0.717, 1.165) is 0 Å². The van der Waals surface area contributed by atoms with Gasteiger partial charge in [-0.25, -0.2) is 13.4 Å². The number of rotatable bonds is 3. The number of sulfone groups is 1. The Hall–Kier alpha value is -1.52. The quantitative estimate of drug-likeness (QED) is 0.396. The summed E-state index contributed by atoms with van der Waals surface area (Å²) >= 11 is 1.30. The van der Waals surface area contributed by atoms with E-state index in [1.807, 2.05) is 0 Å². The third-order valence-electron chi connectivity index (χ3n) is 2.16. The summed E-state index contributed by atoms with van der Waals surface area (Å²) in [7, 11) is -3.18. The van der Waals surface area contributed by atoms with Crippen LogP contribution in [-0.2, 0) is 9.84 Å². The van der Waals surface area contributed by atoms with Crippen molar-refractivity contribution < 1.29 is 8.42 Å². The number of nitrogens with zero attached hydrogens (tertiary/aromatic N) is 2. The molecular weight excluding hydrogens is 270 g/mol. The van der Waals surface area contributed by atoms with Gasteiger partial charge < -0.3 is 0 Å². The lowest BCUT2D eigenvalue weighted by Crippen LogP contribution is -2.12. The van der Waals surface area contributed by atoms with Crippen molar-refractivity contribution in [2.45, 2.75) is 11.8 Å². The molecule has 0 saturated heterocycles. The molecule has 0 amide bonds. The summed E-state index contributed by atoms with van der Waals surface area (Å²) < 4.78 is 23.2. The van der Waals surface area contributed by atoms with E-state index in [4.69, 9.17) is 5.26 Å². The van der Waals surface area contributed by atoms with E-state index in [-0.39, 0.29) is 10.6 Å². The minimum atomic E-state index is -3.18. The van der Waals surface area contributed by atoms with Crippen LogP contribution in [0.2, 0.25) is 0 Å². The third kappa shape index (κ3) is 3.75. The summed E-state index contributed by atoms with van der Waals surface area (Å²) in [6.07, 6.45) is 3.58. The number of hydrogen-bond donors (Lipinski definition) is 1. The predicted octanol–water partition coefficient (Wildman–Crippen LogP) is 1.90. The summed E-state index contributed by atoms with van der Waals surface area (Å²) in [5.74, 6) is 0.0711. The van der Waals surface area contributed by atoms with Crippen molar-refractivity contribution in [2.75, 3.05) is 12.0 Å². The molecular formula is C11H13N3O2S2.